The normalized spacial score (nSPS) is 13.0. The van der Waals surface area contributed by atoms with E-state index in [-0.39, 0.29) is 12.1 Å². The van der Waals surface area contributed by atoms with Crippen LogP contribution in [0.2, 0.25) is 0 Å². The van der Waals surface area contributed by atoms with Crippen molar-refractivity contribution < 1.29 is 30.7 Å². The summed E-state index contributed by atoms with van der Waals surface area (Å²) in [5.74, 6) is -1.96. The Morgan fingerprint density at radius 2 is 1.38 bits per heavy atom. The van der Waals surface area contributed by atoms with Gasteiger partial charge < -0.3 is 0 Å². The average molecular weight is 311 g/mol. The molecule has 0 bridgehead atoms. The van der Waals surface area contributed by atoms with Gasteiger partial charge >= 0.3 is 12.4 Å². The zero-order chi connectivity index (χ0) is 12.7. The summed E-state index contributed by atoms with van der Waals surface area (Å²) in [5, 5.41) is 0. The summed E-state index contributed by atoms with van der Waals surface area (Å²) in [5.41, 5.74) is -3.23. The number of alkyl halides is 6. The van der Waals surface area contributed by atoms with E-state index in [0.29, 0.717) is 0 Å². The zero-order valence-electron chi connectivity index (χ0n) is 7.18. The molecule has 0 amide bonds. The highest BCUT2D eigenvalue weighted by Crippen LogP contribution is 2.40. The van der Waals surface area contributed by atoms with Crippen molar-refractivity contribution in [1.82, 2.24) is 0 Å². The lowest BCUT2D eigenvalue weighted by Gasteiger charge is -2.13. The summed E-state index contributed by atoms with van der Waals surface area (Å²) in [6, 6.07) is -0.000509. The van der Waals surface area contributed by atoms with Crippen LogP contribution in [0.5, 0.6) is 0 Å². The summed E-state index contributed by atoms with van der Waals surface area (Å²) in [4.78, 5) is 0. The Bertz CT molecular complexity index is 381. The Morgan fingerprint density at radius 1 is 0.875 bits per heavy atom. The van der Waals surface area contributed by atoms with Crippen molar-refractivity contribution in [2.75, 3.05) is 0 Å². The molecule has 90 valence electrons. The number of benzene rings is 1. The first-order valence-corrected chi connectivity index (χ1v) is 4.46. The van der Waals surface area contributed by atoms with Crippen molar-refractivity contribution in [2.45, 2.75) is 12.4 Å². The van der Waals surface area contributed by atoms with Gasteiger partial charge in [-0.2, -0.15) is 26.3 Å². The number of halogens is 8. The molecule has 0 radical (unpaired) electrons. The lowest BCUT2D eigenvalue weighted by atomic mass is 10.1. The first kappa shape index (κ1) is 13.3. The van der Waals surface area contributed by atoms with E-state index in [1.807, 2.05) is 0 Å². The largest absolute Gasteiger partial charge is 0.420 e. The smallest absolute Gasteiger partial charge is 0.206 e. The van der Waals surface area contributed by atoms with Gasteiger partial charge in [-0.25, -0.2) is 4.39 Å². The predicted molar refractivity (Wildman–Crippen MR) is 44.1 cm³/mol. The van der Waals surface area contributed by atoms with E-state index in [1.165, 1.54) is 0 Å². The molecule has 16 heavy (non-hydrogen) atoms. The van der Waals surface area contributed by atoms with Crippen molar-refractivity contribution >= 4 is 15.9 Å². The summed E-state index contributed by atoms with van der Waals surface area (Å²) in [7, 11) is 0. The van der Waals surface area contributed by atoms with E-state index in [0.717, 1.165) is 0 Å². The first-order chi connectivity index (χ1) is 7.03. The fourth-order valence-corrected chi connectivity index (χ4v) is 1.67. The van der Waals surface area contributed by atoms with Crippen LogP contribution >= 0.6 is 15.9 Å². The van der Waals surface area contributed by atoms with Gasteiger partial charge in [-0.15, -0.1) is 0 Å². The molecule has 0 spiro atoms. The van der Waals surface area contributed by atoms with Crippen molar-refractivity contribution in [3.05, 3.63) is 33.5 Å². The van der Waals surface area contributed by atoms with Gasteiger partial charge in [-0.3, -0.25) is 0 Å². The molecule has 8 heteroatoms. The molecule has 1 rings (SSSR count). The molecular weight excluding hydrogens is 309 g/mol. The maximum atomic E-state index is 12.9. The van der Waals surface area contributed by atoms with Crippen LogP contribution in [0.4, 0.5) is 30.7 Å². The Labute approximate surface area is 93.2 Å². The Kier molecular flexibility index (Phi) is 3.24. The highest BCUT2D eigenvalue weighted by atomic mass is 79.9. The highest BCUT2D eigenvalue weighted by molar-refractivity contribution is 9.10. The minimum absolute atomic E-state index is 0.186. The summed E-state index contributed by atoms with van der Waals surface area (Å²) in [6.07, 6.45) is -9.94. The molecule has 0 N–H and O–H groups in total. The lowest BCUT2D eigenvalue weighted by Crippen LogP contribution is -2.13. The van der Waals surface area contributed by atoms with Crippen LogP contribution in [-0.4, -0.2) is 0 Å². The second-order valence-corrected chi connectivity index (χ2v) is 3.66. The number of rotatable bonds is 0. The van der Waals surface area contributed by atoms with Crippen molar-refractivity contribution in [1.29, 1.82) is 0 Å². The van der Waals surface area contributed by atoms with Gasteiger partial charge in [-0.1, -0.05) is 15.9 Å². The molecular formula is C8H2BrF7. The Balaban J connectivity index is 3.41. The van der Waals surface area contributed by atoms with Crippen LogP contribution in [0.15, 0.2) is 16.6 Å². The molecule has 0 aromatic heterocycles. The van der Waals surface area contributed by atoms with Gasteiger partial charge in [-0.05, 0) is 12.1 Å². The van der Waals surface area contributed by atoms with E-state index in [1.54, 1.807) is 0 Å². The fourth-order valence-electron chi connectivity index (χ4n) is 1.01. The van der Waals surface area contributed by atoms with Crippen molar-refractivity contribution in [3.8, 4) is 0 Å². The van der Waals surface area contributed by atoms with Gasteiger partial charge in [0.25, 0.3) is 0 Å². The molecule has 0 saturated heterocycles. The summed E-state index contributed by atoms with van der Waals surface area (Å²) >= 11 is 2.27. The summed E-state index contributed by atoms with van der Waals surface area (Å²) in [6.45, 7) is 0. The Morgan fingerprint density at radius 3 is 1.69 bits per heavy atom. The molecule has 0 saturated carbocycles. The molecule has 0 unspecified atom stereocenters. The molecule has 0 aliphatic rings. The quantitative estimate of drug-likeness (QED) is 0.613. The Hall–Kier alpha value is -0.790. The molecule has 0 nitrogen and oxygen atoms in total. The standard InChI is InChI=1S/C8H2BrF7/c9-4-1-3(7(11,12)13)2-5(10)6(4)8(14,15)16/h1-2H. The van der Waals surface area contributed by atoms with E-state index < -0.39 is 33.8 Å². The number of hydrogen-bond donors (Lipinski definition) is 0. The van der Waals surface area contributed by atoms with E-state index in [2.05, 4.69) is 15.9 Å². The van der Waals surface area contributed by atoms with E-state index in [4.69, 9.17) is 0 Å². The van der Waals surface area contributed by atoms with Crippen molar-refractivity contribution in [3.63, 3.8) is 0 Å². The van der Waals surface area contributed by atoms with Gasteiger partial charge in [0, 0.05) is 4.47 Å². The molecule has 1 aromatic carbocycles. The SMILES string of the molecule is Fc1cc(C(F)(F)F)cc(Br)c1C(F)(F)F. The molecule has 1 aromatic rings. The van der Waals surface area contributed by atoms with Gasteiger partial charge in [0.05, 0.1) is 5.56 Å². The topological polar surface area (TPSA) is 0 Å². The van der Waals surface area contributed by atoms with Gasteiger partial charge in [0.15, 0.2) is 0 Å². The third-order valence-corrected chi connectivity index (χ3v) is 2.28. The maximum Gasteiger partial charge on any atom is 0.420 e. The molecule has 0 aliphatic carbocycles. The van der Waals surface area contributed by atoms with Crippen LogP contribution in [0.3, 0.4) is 0 Å². The minimum atomic E-state index is -5.05. The van der Waals surface area contributed by atoms with Crippen LogP contribution in [0.1, 0.15) is 11.1 Å². The minimum Gasteiger partial charge on any atom is -0.206 e. The lowest BCUT2D eigenvalue weighted by molar-refractivity contribution is -0.144. The fraction of sp³-hybridized carbons (Fsp3) is 0.250. The number of hydrogen-bond acceptors (Lipinski definition) is 0. The molecule has 0 heterocycles. The predicted octanol–water partition coefficient (Wildman–Crippen LogP) is 4.63. The van der Waals surface area contributed by atoms with E-state index in [9.17, 15) is 30.7 Å². The highest BCUT2D eigenvalue weighted by Gasteiger charge is 2.39. The van der Waals surface area contributed by atoms with Crippen LogP contribution in [0.25, 0.3) is 0 Å². The third kappa shape index (κ3) is 2.66. The second-order valence-electron chi connectivity index (χ2n) is 2.81. The third-order valence-electron chi connectivity index (χ3n) is 1.65. The van der Waals surface area contributed by atoms with Crippen LogP contribution in [0, 0.1) is 5.82 Å². The molecule has 0 aliphatic heterocycles. The summed E-state index contributed by atoms with van der Waals surface area (Å²) < 4.78 is 84.8. The monoisotopic (exact) mass is 310 g/mol. The van der Waals surface area contributed by atoms with E-state index >= 15 is 0 Å². The molecule has 0 fully saturated rings. The zero-order valence-corrected chi connectivity index (χ0v) is 8.76. The first-order valence-electron chi connectivity index (χ1n) is 3.67. The average Bonchev–Trinajstić information content (AvgIpc) is 1.97. The van der Waals surface area contributed by atoms with Gasteiger partial charge in [0.2, 0.25) is 0 Å². The molecule has 0 atom stereocenters. The van der Waals surface area contributed by atoms with Crippen LogP contribution in [-0.2, 0) is 12.4 Å². The second kappa shape index (κ2) is 3.90. The van der Waals surface area contributed by atoms with Crippen LogP contribution < -0.4 is 0 Å². The maximum absolute atomic E-state index is 12.9. The van der Waals surface area contributed by atoms with Gasteiger partial charge in [0.1, 0.15) is 11.4 Å². The van der Waals surface area contributed by atoms with Crippen molar-refractivity contribution in [2.24, 2.45) is 0 Å².